The molecule has 0 unspecified atom stereocenters. The van der Waals surface area contributed by atoms with E-state index < -0.39 is 24.0 Å². The number of nitrogens with one attached hydrogen (secondary N) is 3. The molecule has 0 spiro atoms. The third kappa shape index (κ3) is 8.31. The largest absolute Gasteiger partial charge is 0.488 e. The second kappa shape index (κ2) is 13.3. The molecular formula is C28H38FN5O5. The Labute approximate surface area is 228 Å². The molecule has 0 bridgehead atoms. The average Bonchev–Trinajstić information content (AvgIpc) is 2.92. The molecule has 0 aliphatic carbocycles. The van der Waals surface area contributed by atoms with Crippen molar-refractivity contribution in [2.75, 3.05) is 37.4 Å². The Balaban J connectivity index is 1.86. The number of nitrogens with zero attached hydrogens (tertiary/aromatic N) is 2. The zero-order valence-corrected chi connectivity index (χ0v) is 23.0. The van der Waals surface area contributed by atoms with Gasteiger partial charge in [-0.25, -0.2) is 14.0 Å². The van der Waals surface area contributed by atoms with Crippen molar-refractivity contribution in [1.82, 2.24) is 15.1 Å². The summed E-state index contributed by atoms with van der Waals surface area (Å²) in [6.07, 6.45) is -0.489. The number of rotatable bonds is 7. The van der Waals surface area contributed by atoms with Crippen LogP contribution in [0.1, 0.15) is 33.3 Å². The van der Waals surface area contributed by atoms with Crippen LogP contribution in [0.4, 0.5) is 25.4 Å². The Morgan fingerprint density at radius 1 is 1.13 bits per heavy atom. The standard InChI is InChI=1S/C28H38FN5O5/c1-17(2)30-27(37)31-23-10-11-24-20(12-23)13-26(36)34(19(4)16-35)14-18(3)25(39-24)15-33(5)28(38)32-22-8-6-21(29)7-9-22/h6-12,17-19,25,35H,13-16H2,1-5H3,(H,32,38)(H2,30,31,37)/t18-,19+,25-/m0/s1. The molecule has 1 aliphatic heterocycles. The molecule has 1 aliphatic rings. The van der Waals surface area contributed by atoms with Gasteiger partial charge < -0.3 is 35.6 Å². The molecule has 0 saturated heterocycles. The van der Waals surface area contributed by atoms with Crippen molar-refractivity contribution in [2.45, 2.75) is 52.3 Å². The summed E-state index contributed by atoms with van der Waals surface area (Å²) in [5.41, 5.74) is 1.54. The number of likely N-dealkylation sites (N-methyl/N-ethyl adjacent to an activating group) is 1. The smallest absolute Gasteiger partial charge is 0.321 e. The van der Waals surface area contributed by atoms with E-state index in [1.54, 1.807) is 37.1 Å². The lowest BCUT2D eigenvalue weighted by Crippen LogP contribution is -2.48. The molecule has 0 aromatic heterocycles. The maximum absolute atomic E-state index is 13.3. The molecule has 11 heteroatoms. The van der Waals surface area contributed by atoms with Crippen molar-refractivity contribution in [3.05, 3.63) is 53.8 Å². The van der Waals surface area contributed by atoms with Crippen LogP contribution in [-0.2, 0) is 11.2 Å². The minimum Gasteiger partial charge on any atom is -0.488 e. The second-order valence-electron chi connectivity index (χ2n) is 10.3. The van der Waals surface area contributed by atoms with Crippen LogP contribution in [0.25, 0.3) is 0 Å². The molecule has 0 fully saturated rings. The summed E-state index contributed by atoms with van der Waals surface area (Å²) in [5, 5.41) is 18.1. The lowest BCUT2D eigenvalue weighted by molar-refractivity contribution is -0.134. The van der Waals surface area contributed by atoms with Gasteiger partial charge in [0.2, 0.25) is 5.91 Å². The summed E-state index contributed by atoms with van der Waals surface area (Å²) in [6.45, 7) is 7.71. The Bertz CT molecular complexity index is 1160. The Morgan fingerprint density at radius 3 is 2.44 bits per heavy atom. The molecular weight excluding hydrogens is 505 g/mol. The van der Waals surface area contributed by atoms with Gasteiger partial charge in [-0.1, -0.05) is 6.92 Å². The molecule has 39 heavy (non-hydrogen) atoms. The molecule has 3 atom stereocenters. The van der Waals surface area contributed by atoms with E-state index in [9.17, 15) is 23.9 Å². The van der Waals surface area contributed by atoms with E-state index in [1.165, 1.54) is 29.2 Å². The fourth-order valence-electron chi connectivity index (χ4n) is 4.26. The Hall–Kier alpha value is -3.86. The highest BCUT2D eigenvalue weighted by Crippen LogP contribution is 2.29. The number of halogens is 1. The van der Waals surface area contributed by atoms with E-state index in [2.05, 4.69) is 16.0 Å². The van der Waals surface area contributed by atoms with Crippen LogP contribution in [0.2, 0.25) is 0 Å². The van der Waals surface area contributed by atoms with E-state index in [0.29, 0.717) is 29.2 Å². The van der Waals surface area contributed by atoms with Gasteiger partial charge in [0.15, 0.2) is 0 Å². The average molecular weight is 544 g/mol. The number of amides is 5. The number of aliphatic hydroxyl groups excluding tert-OH is 1. The fraction of sp³-hybridized carbons (Fsp3) is 0.464. The lowest BCUT2D eigenvalue weighted by Gasteiger charge is -2.34. The molecule has 2 aromatic rings. The van der Waals surface area contributed by atoms with Crippen molar-refractivity contribution in [1.29, 1.82) is 0 Å². The quantitative estimate of drug-likeness (QED) is 0.424. The van der Waals surface area contributed by atoms with Crippen LogP contribution in [0.15, 0.2) is 42.5 Å². The molecule has 3 rings (SSSR count). The van der Waals surface area contributed by atoms with Gasteiger partial charge in [0.1, 0.15) is 17.7 Å². The Morgan fingerprint density at radius 2 is 1.79 bits per heavy atom. The third-order valence-corrected chi connectivity index (χ3v) is 6.49. The second-order valence-corrected chi connectivity index (χ2v) is 10.3. The number of aliphatic hydroxyl groups is 1. The maximum atomic E-state index is 13.3. The summed E-state index contributed by atoms with van der Waals surface area (Å²) >= 11 is 0. The normalized spacial score (nSPS) is 18.2. The van der Waals surface area contributed by atoms with Gasteiger partial charge >= 0.3 is 12.1 Å². The third-order valence-electron chi connectivity index (χ3n) is 6.49. The van der Waals surface area contributed by atoms with E-state index in [1.807, 2.05) is 20.8 Å². The highest BCUT2D eigenvalue weighted by Gasteiger charge is 2.32. The maximum Gasteiger partial charge on any atom is 0.321 e. The fourth-order valence-corrected chi connectivity index (χ4v) is 4.26. The zero-order valence-electron chi connectivity index (χ0n) is 23.0. The van der Waals surface area contributed by atoms with Gasteiger partial charge in [-0.3, -0.25) is 4.79 Å². The number of fused-ring (bicyclic) bond motifs is 1. The van der Waals surface area contributed by atoms with E-state index in [0.717, 1.165) is 0 Å². The van der Waals surface area contributed by atoms with Crippen molar-refractivity contribution in [3.63, 3.8) is 0 Å². The monoisotopic (exact) mass is 543 g/mol. The number of ether oxygens (including phenoxy) is 1. The number of carbonyl (C=O) groups excluding carboxylic acids is 3. The first-order valence-electron chi connectivity index (χ1n) is 13.0. The van der Waals surface area contributed by atoms with Crippen molar-refractivity contribution in [3.8, 4) is 5.75 Å². The molecule has 4 N–H and O–H groups in total. The van der Waals surface area contributed by atoms with Crippen LogP contribution < -0.4 is 20.7 Å². The molecule has 2 aromatic carbocycles. The lowest BCUT2D eigenvalue weighted by atomic mass is 10.0. The van der Waals surface area contributed by atoms with Crippen LogP contribution in [0.5, 0.6) is 5.75 Å². The number of hydrogen-bond donors (Lipinski definition) is 4. The molecule has 10 nitrogen and oxygen atoms in total. The topological polar surface area (TPSA) is 123 Å². The number of urea groups is 2. The van der Waals surface area contributed by atoms with Gasteiger partial charge in [0.25, 0.3) is 0 Å². The van der Waals surface area contributed by atoms with E-state index >= 15 is 0 Å². The van der Waals surface area contributed by atoms with Crippen LogP contribution in [0, 0.1) is 11.7 Å². The van der Waals surface area contributed by atoms with Crippen molar-refractivity contribution >= 4 is 29.3 Å². The number of hydrogen-bond acceptors (Lipinski definition) is 5. The minimum atomic E-state index is -0.505. The van der Waals surface area contributed by atoms with Crippen molar-refractivity contribution < 1.29 is 28.6 Å². The molecule has 0 saturated carbocycles. The molecule has 1 heterocycles. The SMILES string of the molecule is CC(C)NC(=O)Nc1ccc2c(c1)CC(=O)N([C@H](C)CO)C[C@H](C)[C@H](CN(C)C(=O)Nc1ccc(F)cc1)O2. The summed E-state index contributed by atoms with van der Waals surface area (Å²) in [4.78, 5) is 41.5. The highest BCUT2D eigenvalue weighted by molar-refractivity contribution is 5.90. The summed E-state index contributed by atoms with van der Waals surface area (Å²) in [6, 6.07) is 9.36. The number of carbonyl (C=O) groups is 3. The van der Waals surface area contributed by atoms with Gasteiger partial charge in [0.05, 0.1) is 25.6 Å². The predicted octanol–water partition coefficient (Wildman–Crippen LogP) is 3.67. The van der Waals surface area contributed by atoms with Crippen molar-refractivity contribution in [2.24, 2.45) is 5.92 Å². The van der Waals surface area contributed by atoms with Crippen LogP contribution in [-0.4, -0.2) is 77.8 Å². The molecule has 5 amide bonds. The summed E-state index contributed by atoms with van der Waals surface area (Å²) < 4.78 is 19.6. The number of anilines is 2. The number of benzene rings is 2. The van der Waals surface area contributed by atoms with Crippen LogP contribution >= 0.6 is 0 Å². The van der Waals surface area contributed by atoms with Gasteiger partial charge in [0, 0.05) is 42.5 Å². The minimum absolute atomic E-state index is 0.0152. The zero-order chi connectivity index (χ0) is 28.7. The first-order chi connectivity index (χ1) is 18.5. The Kier molecular flexibility index (Phi) is 10.1. The van der Waals surface area contributed by atoms with Gasteiger partial charge in [-0.05, 0) is 63.2 Å². The molecule has 212 valence electrons. The van der Waals surface area contributed by atoms with Crippen LogP contribution in [0.3, 0.4) is 0 Å². The molecule has 0 radical (unpaired) electrons. The predicted molar refractivity (Wildman–Crippen MR) is 147 cm³/mol. The van der Waals surface area contributed by atoms with Gasteiger partial charge in [-0.2, -0.15) is 0 Å². The summed E-state index contributed by atoms with van der Waals surface area (Å²) in [5.74, 6) is -0.312. The summed E-state index contributed by atoms with van der Waals surface area (Å²) in [7, 11) is 1.63. The van der Waals surface area contributed by atoms with Gasteiger partial charge in [-0.15, -0.1) is 0 Å². The highest BCUT2D eigenvalue weighted by atomic mass is 19.1. The van der Waals surface area contributed by atoms with E-state index in [4.69, 9.17) is 4.74 Å². The first-order valence-corrected chi connectivity index (χ1v) is 13.0. The van der Waals surface area contributed by atoms with E-state index in [-0.39, 0.29) is 43.5 Å². The first kappa shape index (κ1) is 29.7.